The molecule has 1 N–H and O–H groups in total. The molecule has 0 aliphatic rings. The van der Waals surface area contributed by atoms with Gasteiger partial charge in [0.05, 0.1) is 15.6 Å². The molecule has 0 fully saturated rings. The summed E-state index contributed by atoms with van der Waals surface area (Å²) in [6.45, 7) is 0.448. The Morgan fingerprint density at radius 2 is 1.74 bits per heavy atom. The third kappa shape index (κ3) is 2.42. The van der Waals surface area contributed by atoms with Gasteiger partial charge < -0.3 is 9.72 Å². The summed E-state index contributed by atoms with van der Waals surface area (Å²) in [7, 11) is 0. The smallest absolute Gasteiger partial charge is 0.138 e. The zero-order chi connectivity index (χ0) is 13.2. The van der Waals surface area contributed by atoms with Crippen LogP contribution in [0, 0.1) is 0 Å². The lowest BCUT2D eigenvalue weighted by Crippen LogP contribution is -1.94. The molecule has 0 unspecified atom stereocenters. The summed E-state index contributed by atoms with van der Waals surface area (Å²) in [5.41, 5.74) is 1.99. The summed E-state index contributed by atoms with van der Waals surface area (Å²) in [6.07, 6.45) is 1.91. The van der Waals surface area contributed by atoms with Crippen LogP contribution in [0.5, 0.6) is 5.75 Å². The molecule has 1 heterocycles. The lowest BCUT2D eigenvalue weighted by Gasteiger charge is -2.06. The molecule has 96 valence electrons. The number of fused-ring (bicyclic) bond motifs is 1. The number of hydrogen-bond donors (Lipinski definition) is 1. The number of aromatic amines is 1. The fraction of sp³-hybridized carbons (Fsp3) is 0.0667. The van der Waals surface area contributed by atoms with Crippen LogP contribution in [0.4, 0.5) is 0 Å². The molecular formula is C15H11Cl2NO. The van der Waals surface area contributed by atoms with Gasteiger partial charge in [-0.2, -0.15) is 0 Å². The minimum atomic E-state index is 0.448. The van der Waals surface area contributed by atoms with E-state index in [-0.39, 0.29) is 0 Å². The molecule has 19 heavy (non-hydrogen) atoms. The monoisotopic (exact) mass is 291 g/mol. The average molecular weight is 292 g/mol. The predicted octanol–water partition coefficient (Wildman–Crippen LogP) is 5.05. The number of benzene rings is 2. The molecule has 1 aromatic heterocycles. The number of aromatic nitrogens is 1. The van der Waals surface area contributed by atoms with E-state index in [1.165, 1.54) is 0 Å². The van der Waals surface area contributed by atoms with E-state index in [2.05, 4.69) is 4.98 Å². The number of hydrogen-bond acceptors (Lipinski definition) is 1. The maximum Gasteiger partial charge on any atom is 0.138 e. The third-order valence-electron chi connectivity index (χ3n) is 2.97. The fourth-order valence-corrected chi connectivity index (χ4v) is 2.43. The van der Waals surface area contributed by atoms with Crippen molar-refractivity contribution in [3.05, 3.63) is 64.3 Å². The van der Waals surface area contributed by atoms with Crippen molar-refractivity contribution in [2.45, 2.75) is 6.61 Å². The molecule has 2 nitrogen and oxygen atoms in total. The second kappa shape index (κ2) is 5.16. The van der Waals surface area contributed by atoms with Crippen molar-refractivity contribution in [1.82, 2.24) is 4.98 Å². The minimum absolute atomic E-state index is 0.448. The maximum absolute atomic E-state index is 6.12. The number of H-pyrrole nitrogens is 1. The highest BCUT2D eigenvalue weighted by molar-refractivity contribution is 6.35. The zero-order valence-electron chi connectivity index (χ0n) is 9.99. The molecule has 0 saturated heterocycles. The Morgan fingerprint density at radius 3 is 2.58 bits per heavy atom. The van der Waals surface area contributed by atoms with Gasteiger partial charge in [0, 0.05) is 17.1 Å². The van der Waals surface area contributed by atoms with Crippen molar-refractivity contribution < 1.29 is 4.74 Å². The van der Waals surface area contributed by atoms with Crippen molar-refractivity contribution in [3.63, 3.8) is 0 Å². The minimum Gasteiger partial charge on any atom is -0.487 e. The number of nitrogens with one attached hydrogen (secondary N) is 1. The second-order valence-electron chi connectivity index (χ2n) is 4.20. The Balaban J connectivity index is 1.87. The standard InChI is InChI=1S/C15H11Cl2NO/c16-12-5-1-2-7-14(12)19-9-10-8-18-15-11(10)4-3-6-13(15)17/h1-8,18H,9H2. The van der Waals surface area contributed by atoms with Crippen molar-refractivity contribution >= 4 is 34.1 Å². The molecule has 3 rings (SSSR count). The lowest BCUT2D eigenvalue weighted by molar-refractivity contribution is 0.308. The average Bonchev–Trinajstić information content (AvgIpc) is 2.83. The Kier molecular flexibility index (Phi) is 3.36. The van der Waals surface area contributed by atoms with Crippen molar-refractivity contribution in [2.24, 2.45) is 0 Å². The molecule has 0 aliphatic heterocycles. The first-order chi connectivity index (χ1) is 9.25. The van der Waals surface area contributed by atoms with E-state index >= 15 is 0 Å². The van der Waals surface area contributed by atoms with E-state index in [9.17, 15) is 0 Å². The summed E-state index contributed by atoms with van der Waals surface area (Å²) in [5.74, 6) is 0.681. The van der Waals surface area contributed by atoms with E-state index < -0.39 is 0 Å². The molecule has 0 saturated carbocycles. The van der Waals surface area contributed by atoms with Crippen molar-refractivity contribution in [1.29, 1.82) is 0 Å². The Hall–Kier alpha value is -1.64. The van der Waals surface area contributed by atoms with Crippen LogP contribution in [0.25, 0.3) is 10.9 Å². The molecule has 0 amide bonds. The summed E-state index contributed by atoms with van der Waals surface area (Å²) in [5, 5.41) is 2.39. The topological polar surface area (TPSA) is 25.0 Å². The van der Waals surface area contributed by atoms with Crippen LogP contribution in [0.3, 0.4) is 0 Å². The third-order valence-corrected chi connectivity index (χ3v) is 3.60. The number of ether oxygens (including phenoxy) is 1. The fourth-order valence-electron chi connectivity index (χ4n) is 2.01. The van der Waals surface area contributed by atoms with Crippen LogP contribution < -0.4 is 4.74 Å². The Labute approximate surface area is 120 Å². The van der Waals surface area contributed by atoms with Gasteiger partial charge in [-0.05, 0) is 18.2 Å². The highest BCUT2D eigenvalue weighted by Crippen LogP contribution is 2.28. The molecule has 3 aromatic rings. The van der Waals surface area contributed by atoms with Gasteiger partial charge >= 0.3 is 0 Å². The highest BCUT2D eigenvalue weighted by atomic mass is 35.5. The Morgan fingerprint density at radius 1 is 0.947 bits per heavy atom. The predicted molar refractivity (Wildman–Crippen MR) is 79.1 cm³/mol. The molecule has 2 aromatic carbocycles. The van der Waals surface area contributed by atoms with Crippen LogP contribution in [0.2, 0.25) is 10.0 Å². The van der Waals surface area contributed by atoms with Crippen LogP contribution in [-0.2, 0) is 6.61 Å². The van der Waals surface area contributed by atoms with E-state index in [0.29, 0.717) is 22.4 Å². The van der Waals surface area contributed by atoms with E-state index in [4.69, 9.17) is 27.9 Å². The van der Waals surface area contributed by atoms with Crippen LogP contribution in [0.15, 0.2) is 48.7 Å². The summed E-state index contributed by atoms with van der Waals surface area (Å²) >= 11 is 12.2. The van der Waals surface area contributed by atoms with Gasteiger partial charge in [-0.1, -0.05) is 47.5 Å². The van der Waals surface area contributed by atoms with Gasteiger partial charge in [-0.15, -0.1) is 0 Å². The number of halogens is 2. The lowest BCUT2D eigenvalue weighted by atomic mass is 10.2. The van der Waals surface area contributed by atoms with Gasteiger partial charge in [-0.3, -0.25) is 0 Å². The van der Waals surface area contributed by atoms with Crippen molar-refractivity contribution in [2.75, 3.05) is 0 Å². The normalized spacial score (nSPS) is 10.8. The first-order valence-electron chi connectivity index (χ1n) is 5.87. The number of para-hydroxylation sites is 2. The molecule has 4 heteroatoms. The highest BCUT2D eigenvalue weighted by Gasteiger charge is 2.07. The summed E-state index contributed by atoms with van der Waals surface area (Å²) in [6, 6.07) is 13.2. The molecule has 0 bridgehead atoms. The first kappa shape index (κ1) is 12.4. The van der Waals surface area contributed by atoms with Gasteiger partial charge in [0.15, 0.2) is 0 Å². The molecule has 0 atom stereocenters. The van der Waals surface area contributed by atoms with Gasteiger partial charge in [0.1, 0.15) is 12.4 Å². The van der Waals surface area contributed by atoms with E-state index in [0.717, 1.165) is 16.5 Å². The van der Waals surface area contributed by atoms with Crippen molar-refractivity contribution in [3.8, 4) is 5.75 Å². The summed E-state index contributed by atoms with van der Waals surface area (Å²) < 4.78 is 5.73. The maximum atomic E-state index is 6.12. The second-order valence-corrected chi connectivity index (χ2v) is 5.01. The van der Waals surface area contributed by atoms with Crippen LogP contribution >= 0.6 is 23.2 Å². The van der Waals surface area contributed by atoms with Crippen LogP contribution in [-0.4, -0.2) is 4.98 Å². The first-order valence-corrected chi connectivity index (χ1v) is 6.63. The molecule has 0 radical (unpaired) electrons. The molecular weight excluding hydrogens is 281 g/mol. The number of rotatable bonds is 3. The quantitative estimate of drug-likeness (QED) is 0.717. The van der Waals surface area contributed by atoms with Gasteiger partial charge in [-0.25, -0.2) is 0 Å². The Bertz CT molecular complexity index is 721. The van der Waals surface area contributed by atoms with E-state index in [1.54, 1.807) is 0 Å². The SMILES string of the molecule is Clc1ccccc1OCc1c[nH]c2c(Cl)cccc12. The summed E-state index contributed by atoms with van der Waals surface area (Å²) in [4.78, 5) is 3.16. The van der Waals surface area contributed by atoms with E-state index in [1.807, 2.05) is 48.7 Å². The van der Waals surface area contributed by atoms with Crippen LogP contribution in [0.1, 0.15) is 5.56 Å². The van der Waals surface area contributed by atoms with Gasteiger partial charge in [0.2, 0.25) is 0 Å². The zero-order valence-corrected chi connectivity index (χ0v) is 11.5. The largest absolute Gasteiger partial charge is 0.487 e. The molecule has 0 aliphatic carbocycles. The van der Waals surface area contributed by atoms with Gasteiger partial charge in [0.25, 0.3) is 0 Å². The molecule has 0 spiro atoms.